The van der Waals surface area contributed by atoms with Gasteiger partial charge in [0.15, 0.2) is 0 Å². The first-order valence-electron chi connectivity index (χ1n) is 5.50. The molecule has 94 valence electrons. The lowest BCUT2D eigenvalue weighted by Gasteiger charge is -2.07. The van der Waals surface area contributed by atoms with Crippen molar-refractivity contribution in [3.63, 3.8) is 0 Å². The van der Waals surface area contributed by atoms with Crippen molar-refractivity contribution in [2.45, 2.75) is 20.3 Å². The first-order valence-corrected chi connectivity index (χ1v) is 6.28. The number of hydrogen-bond donors (Lipinski definition) is 1. The summed E-state index contributed by atoms with van der Waals surface area (Å²) in [5.41, 5.74) is 1.93. The van der Waals surface area contributed by atoms with Gasteiger partial charge >= 0.3 is 0 Å². The first kappa shape index (κ1) is 12.6. The van der Waals surface area contributed by atoms with Crippen molar-refractivity contribution in [2.24, 2.45) is 0 Å². The number of halogens is 1. The Morgan fingerprint density at radius 2 is 2.28 bits per heavy atom. The van der Waals surface area contributed by atoms with Gasteiger partial charge in [-0.1, -0.05) is 17.5 Å². The third-order valence-electron chi connectivity index (χ3n) is 2.54. The van der Waals surface area contributed by atoms with Gasteiger partial charge in [-0.05, 0) is 42.6 Å². The number of hydrogen-bond acceptors (Lipinski definition) is 4. The van der Waals surface area contributed by atoms with Gasteiger partial charge in [0.1, 0.15) is 10.7 Å². The van der Waals surface area contributed by atoms with Crippen molar-refractivity contribution in [1.82, 2.24) is 9.59 Å². The molecule has 4 nitrogen and oxygen atoms in total. The molecular weight excluding hydrogens is 253 g/mol. The van der Waals surface area contributed by atoms with E-state index in [9.17, 15) is 9.18 Å². The number of nitrogens with zero attached hydrogens (tertiary/aromatic N) is 2. The van der Waals surface area contributed by atoms with Gasteiger partial charge in [0.05, 0.1) is 5.69 Å². The molecule has 0 unspecified atom stereocenters. The largest absolute Gasteiger partial charge is 0.321 e. The molecule has 0 saturated carbocycles. The summed E-state index contributed by atoms with van der Waals surface area (Å²) in [5.74, 6) is -0.676. The zero-order valence-corrected chi connectivity index (χ0v) is 10.8. The minimum absolute atomic E-state index is 0.296. The highest BCUT2D eigenvalue weighted by molar-refractivity contribution is 7.08. The Bertz CT molecular complexity index is 582. The molecule has 0 aliphatic heterocycles. The summed E-state index contributed by atoms with van der Waals surface area (Å²) in [6.45, 7) is 3.71. The summed E-state index contributed by atoms with van der Waals surface area (Å²) in [7, 11) is 0. The van der Waals surface area contributed by atoms with Crippen molar-refractivity contribution in [3.05, 3.63) is 40.2 Å². The molecule has 1 N–H and O–H groups in total. The molecule has 1 aromatic carbocycles. The minimum Gasteiger partial charge on any atom is -0.321 e. The molecule has 2 rings (SSSR count). The highest BCUT2D eigenvalue weighted by atomic mass is 32.1. The van der Waals surface area contributed by atoms with Crippen LogP contribution in [0.1, 0.15) is 27.9 Å². The van der Waals surface area contributed by atoms with Gasteiger partial charge in [-0.15, -0.1) is 5.10 Å². The van der Waals surface area contributed by atoms with E-state index in [1.165, 1.54) is 12.1 Å². The molecule has 1 heterocycles. The predicted octanol–water partition coefficient (Wildman–Crippen LogP) is 2.80. The molecule has 0 aliphatic rings. The second-order valence-corrected chi connectivity index (χ2v) is 4.57. The molecule has 2 aromatic rings. The van der Waals surface area contributed by atoms with Gasteiger partial charge in [0, 0.05) is 5.69 Å². The lowest BCUT2D eigenvalue weighted by molar-refractivity contribution is 0.102. The molecule has 0 aliphatic carbocycles. The molecule has 0 saturated heterocycles. The number of carbonyl (C=O) groups is 1. The molecule has 0 bridgehead atoms. The van der Waals surface area contributed by atoms with Crippen molar-refractivity contribution >= 4 is 23.1 Å². The van der Waals surface area contributed by atoms with Crippen LogP contribution < -0.4 is 5.32 Å². The number of amides is 1. The number of carbonyl (C=O) groups excluding carboxylic acids is 1. The number of anilines is 1. The maximum Gasteiger partial charge on any atom is 0.269 e. The van der Waals surface area contributed by atoms with E-state index >= 15 is 0 Å². The van der Waals surface area contributed by atoms with E-state index in [0.717, 1.165) is 17.1 Å². The standard InChI is InChI=1S/C12H12FN3OS/c1-3-9-11(18-16-15-9)12(17)14-10-6-8(13)5-4-7(10)2/h4-6H,3H2,1-2H3,(H,14,17). The zero-order valence-electron chi connectivity index (χ0n) is 10.0. The smallest absolute Gasteiger partial charge is 0.269 e. The van der Waals surface area contributed by atoms with Crippen LogP contribution in [0.4, 0.5) is 10.1 Å². The van der Waals surface area contributed by atoms with Crippen LogP contribution in [-0.4, -0.2) is 15.5 Å². The summed E-state index contributed by atoms with van der Waals surface area (Å²) in [5, 5.41) is 6.55. The topological polar surface area (TPSA) is 54.9 Å². The molecule has 0 fully saturated rings. The van der Waals surface area contributed by atoms with E-state index in [1.54, 1.807) is 13.0 Å². The van der Waals surface area contributed by atoms with Crippen LogP contribution in [0.15, 0.2) is 18.2 Å². The second kappa shape index (κ2) is 5.22. The molecule has 0 spiro atoms. The molecule has 18 heavy (non-hydrogen) atoms. The van der Waals surface area contributed by atoms with Crippen LogP contribution in [0.5, 0.6) is 0 Å². The van der Waals surface area contributed by atoms with E-state index in [4.69, 9.17) is 0 Å². The Kier molecular flexibility index (Phi) is 3.66. The molecule has 0 atom stereocenters. The number of aryl methyl sites for hydroxylation is 2. The van der Waals surface area contributed by atoms with Crippen molar-refractivity contribution in [2.75, 3.05) is 5.32 Å². The Balaban J connectivity index is 2.24. The Morgan fingerprint density at radius 1 is 1.50 bits per heavy atom. The van der Waals surface area contributed by atoms with Gasteiger partial charge in [-0.25, -0.2) is 4.39 Å². The molecule has 6 heteroatoms. The maximum absolute atomic E-state index is 13.1. The van der Waals surface area contributed by atoms with Gasteiger partial charge in [-0.3, -0.25) is 4.79 Å². The Labute approximate surface area is 108 Å². The average Bonchev–Trinajstić information content (AvgIpc) is 2.82. The highest BCUT2D eigenvalue weighted by Crippen LogP contribution is 2.19. The van der Waals surface area contributed by atoms with E-state index in [-0.39, 0.29) is 11.7 Å². The number of benzene rings is 1. The van der Waals surface area contributed by atoms with Gasteiger partial charge in [0.25, 0.3) is 5.91 Å². The first-order chi connectivity index (χ1) is 8.61. The van der Waals surface area contributed by atoms with Crippen LogP contribution >= 0.6 is 11.5 Å². The maximum atomic E-state index is 13.1. The van der Waals surface area contributed by atoms with Gasteiger partial charge in [-0.2, -0.15) is 0 Å². The third-order valence-corrected chi connectivity index (χ3v) is 3.31. The predicted molar refractivity (Wildman–Crippen MR) is 68.4 cm³/mol. The molecule has 0 radical (unpaired) electrons. The summed E-state index contributed by atoms with van der Waals surface area (Å²) in [6, 6.07) is 4.28. The van der Waals surface area contributed by atoms with Crippen molar-refractivity contribution in [3.8, 4) is 0 Å². The lowest BCUT2D eigenvalue weighted by atomic mass is 10.2. The van der Waals surface area contributed by atoms with Crippen LogP contribution in [0.2, 0.25) is 0 Å². The van der Waals surface area contributed by atoms with E-state index in [2.05, 4.69) is 14.9 Å². The Hall–Kier alpha value is -1.82. The monoisotopic (exact) mass is 265 g/mol. The molecule has 1 aromatic heterocycles. The number of aromatic nitrogens is 2. The van der Waals surface area contributed by atoms with Crippen LogP contribution in [0.25, 0.3) is 0 Å². The Morgan fingerprint density at radius 3 is 3.00 bits per heavy atom. The third kappa shape index (κ3) is 2.53. The second-order valence-electron chi connectivity index (χ2n) is 3.82. The summed E-state index contributed by atoms with van der Waals surface area (Å²) in [4.78, 5) is 12.5. The minimum atomic E-state index is -0.381. The van der Waals surface area contributed by atoms with Crippen LogP contribution in [0, 0.1) is 12.7 Å². The number of rotatable bonds is 3. The van der Waals surface area contributed by atoms with Crippen LogP contribution in [0.3, 0.4) is 0 Å². The van der Waals surface area contributed by atoms with Crippen molar-refractivity contribution in [1.29, 1.82) is 0 Å². The average molecular weight is 265 g/mol. The zero-order chi connectivity index (χ0) is 13.1. The lowest BCUT2D eigenvalue weighted by Crippen LogP contribution is -2.13. The van der Waals surface area contributed by atoms with E-state index < -0.39 is 0 Å². The summed E-state index contributed by atoms with van der Waals surface area (Å²) >= 11 is 1.04. The fourth-order valence-electron chi connectivity index (χ4n) is 1.52. The van der Waals surface area contributed by atoms with Gasteiger partial charge in [0.2, 0.25) is 0 Å². The quantitative estimate of drug-likeness (QED) is 0.928. The highest BCUT2D eigenvalue weighted by Gasteiger charge is 2.15. The fraction of sp³-hybridized carbons (Fsp3) is 0.250. The van der Waals surface area contributed by atoms with E-state index in [0.29, 0.717) is 22.7 Å². The summed E-state index contributed by atoms with van der Waals surface area (Å²) < 4.78 is 16.9. The molecule has 1 amide bonds. The van der Waals surface area contributed by atoms with Crippen LogP contribution in [-0.2, 0) is 6.42 Å². The van der Waals surface area contributed by atoms with E-state index in [1.807, 2.05) is 6.92 Å². The normalized spacial score (nSPS) is 10.4. The number of nitrogens with one attached hydrogen (secondary N) is 1. The fourth-order valence-corrected chi connectivity index (χ4v) is 2.17. The van der Waals surface area contributed by atoms with Gasteiger partial charge < -0.3 is 5.32 Å². The molecular formula is C12H12FN3OS. The van der Waals surface area contributed by atoms with Crippen molar-refractivity contribution < 1.29 is 9.18 Å². The summed E-state index contributed by atoms with van der Waals surface area (Å²) in [6.07, 6.45) is 0.640. The SMILES string of the molecule is CCc1nnsc1C(=O)Nc1cc(F)ccc1C.